The van der Waals surface area contributed by atoms with E-state index in [9.17, 15) is 19.2 Å². The number of likely N-dealkylation sites (tertiary alicyclic amines) is 1. The number of aryl methyl sites for hydroxylation is 1. The van der Waals surface area contributed by atoms with Gasteiger partial charge in [-0.3, -0.25) is 24.0 Å². The number of nitrogens with one attached hydrogen (secondary N) is 1. The molecule has 0 bridgehead atoms. The average Bonchev–Trinajstić information content (AvgIpc) is 2.91. The van der Waals surface area contributed by atoms with Crippen LogP contribution in [0, 0.1) is 17.8 Å². The highest BCUT2D eigenvalue weighted by molar-refractivity contribution is 6.00. The highest BCUT2D eigenvalue weighted by Crippen LogP contribution is 2.25. The van der Waals surface area contributed by atoms with Crippen LogP contribution in [0.1, 0.15) is 45.2 Å². The number of para-hydroxylation sites is 1. The number of carbonyl (C=O) groups is 3. The number of benzene rings is 1. The fourth-order valence-corrected chi connectivity index (χ4v) is 3.99. The van der Waals surface area contributed by atoms with Gasteiger partial charge in [0.1, 0.15) is 11.6 Å². The van der Waals surface area contributed by atoms with Crippen molar-refractivity contribution in [2.24, 2.45) is 13.0 Å². The van der Waals surface area contributed by atoms with Crippen LogP contribution in [0.25, 0.3) is 11.0 Å². The molecule has 2 saturated heterocycles. The van der Waals surface area contributed by atoms with Gasteiger partial charge in [-0.25, -0.2) is 9.59 Å². The molecule has 2 aliphatic heterocycles. The zero-order valence-electron chi connectivity index (χ0n) is 18.6. The number of imidazole rings is 1. The van der Waals surface area contributed by atoms with Gasteiger partial charge in [-0.05, 0) is 39.3 Å². The van der Waals surface area contributed by atoms with E-state index < -0.39 is 17.6 Å². The number of imide groups is 1. The molecule has 1 aromatic carbocycles. The second-order valence-corrected chi connectivity index (χ2v) is 9.20. The molecule has 1 atom stereocenters. The monoisotopic (exact) mass is 438 g/mol. The number of nitrogens with zero attached hydrogens (tertiary/aromatic N) is 3. The number of fused-ring (bicyclic) bond motifs is 1. The van der Waals surface area contributed by atoms with Gasteiger partial charge in [0, 0.05) is 26.6 Å². The summed E-state index contributed by atoms with van der Waals surface area (Å²) in [5, 5.41) is 2.31. The Bertz CT molecular complexity index is 1230. The third-order valence-corrected chi connectivity index (χ3v) is 5.57. The summed E-state index contributed by atoms with van der Waals surface area (Å²) in [6.45, 7) is 6.47. The van der Waals surface area contributed by atoms with E-state index in [1.165, 1.54) is 9.13 Å². The predicted octanol–water partition coefficient (Wildman–Crippen LogP) is 1.54. The van der Waals surface area contributed by atoms with Crippen molar-refractivity contribution in [3.8, 4) is 11.8 Å². The summed E-state index contributed by atoms with van der Waals surface area (Å²) >= 11 is 0. The van der Waals surface area contributed by atoms with Crippen LogP contribution in [0.3, 0.4) is 0 Å². The van der Waals surface area contributed by atoms with E-state index in [-0.39, 0.29) is 36.4 Å². The lowest BCUT2D eigenvalue weighted by Gasteiger charge is -2.37. The summed E-state index contributed by atoms with van der Waals surface area (Å²) in [5.74, 6) is 5.55. The quantitative estimate of drug-likeness (QED) is 0.537. The fourth-order valence-electron chi connectivity index (χ4n) is 3.99. The van der Waals surface area contributed by atoms with Crippen molar-refractivity contribution < 1.29 is 19.1 Å². The summed E-state index contributed by atoms with van der Waals surface area (Å²) in [6, 6.07) is 4.66. The fraction of sp³-hybridized carbons (Fsp3) is 0.478. The van der Waals surface area contributed by atoms with E-state index in [0.29, 0.717) is 29.7 Å². The van der Waals surface area contributed by atoms with Crippen LogP contribution in [0.4, 0.5) is 4.79 Å². The van der Waals surface area contributed by atoms with E-state index >= 15 is 0 Å². The summed E-state index contributed by atoms with van der Waals surface area (Å²) in [6.07, 6.45) is 0.123. The van der Waals surface area contributed by atoms with Crippen LogP contribution in [0.5, 0.6) is 0 Å². The topological polar surface area (TPSA) is 103 Å². The number of amides is 3. The van der Waals surface area contributed by atoms with Crippen molar-refractivity contribution in [2.75, 3.05) is 13.1 Å². The molecule has 3 amide bonds. The molecule has 9 nitrogen and oxygen atoms in total. The first-order valence-corrected chi connectivity index (χ1v) is 10.6. The van der Waals surface area contributed by atoms with E-state index in [1.807, 2.05) is 26.8 Å². The first kappa shape index (κ1) is 21.7. The van der Waals surface area contributed by atoms with E-state index in [4.69, 9.17) is 4.74 Å². The number of carbonyl (C=O) groups excluding carboxylic acids is 3. The van der Waals surface area contributed by atoms with Gasteiger partial charge >= 0.3 is 11.8 Å². The van der Waals surface area contributed by atoms with Gasteiger partial charge in [0.2, 0.25) is 11.8 Å². The highest BCUT2D eigenvalue weighted by Gasteiger charge is 2.33. The number of piperidine rings is 1. The summed E-state index contributed by atoms with van der Waals surface area (Å²) in [5.41, 5.74) is 1.04. The molecule has 4 rings (SSSR count). The van der Waals surface area contributed by atoms with Crippen LogP contribution in [-0.2, 0) is 21.4 Å². The Balaban J connectivity index is 1.58. The van der Waals surface area contributed by atoms with Crippen molar-refractivity contribution in [3.05, 3.63) is 34.2 Å². The molecule has 32 heavy (non-hydrogen) atoms. The molecule has 0 spiro atoms. The summed E-state index contributed by atoms with van der Waals surface area (Å²) in [7, 11) is 1.64. The molecular formula is C23H26N4O5. The van der Waals surface area contributed by atoms with Crippen LogP contribution < -0.4 is 11.0 Å². The Hall–Kier alpha value is -3.54. The van der Waals surface area contributed by atoms with Gasteiger partial charge < -0.3 is 9.64 Å². The van der Waals surface area contributed by atoms with Gasteiger partial charge in [0.05, 0.1) is 22.5 Å². The van der Waals surface area contributed by atoms with Crippen molar-refractivity contribution in [3.63, 3.8) is 0 Å². The average molecular weight is 438 g/mol. The van der Waals surface area contributed by atoms with E-state index in [2.05, 4.69) is 17.2 Å². The number of ether oxygens (including phenoxy) is 1. The van der Waals surface area contributed by atoms with Gasteiger partial charge in [-0.2, -0.15) is 0 Å². The first-order chi connectivity index (χ1) is 15.0. The largest absolute Gasteiger partial charge is 0.444 e. The first-order valence-electron chi connectivity index (χ1n) is 10.6. The van der Waals surface area contributed by atoms with E-state index in [0.717, 1.165) is 0 Å². The molecule has 9 heteroatoms. The SMILES string of the molecule is Cn1c(=O)n(C2CCC(=O)NC2=O)c2cccc(C#CC3CN(C(=O)OC(C)(C)C)C3)c21. The van der Waals surface area contributed by atoms with Crippen LogP contribution in [0.2, 0.25) is 0 Å². The molecule has 168 valence electrons. The Kier molecular flexibility index (Phi) is 5.33. The second-order valence-electron chi connectivity index (χ2n) is 9.20. The van der Waals surface area contributed by atoms with Crippen LogP contribution in [-0.4, -0.2) is 50.6 Å². The van der Waals surface area contributed by atoms with Crippen molar-refractivity contribution in [1.29, 1.82) is 0 Å². The smallest absolute Gasteiger partial charge is 0.410 e. The maximum Gasteiger partial charge on any atom is 0.410 e. The van der Waals surface area contributed by atoms with E-state index in [1.54, 1.807) is 24.1 Å². The van der Waals surface area contributed by atoms with Crippen molar-refractivity contribution in [2.45, 2.75) is 45.3 Å². The zero-order valence-corrected chi connectivity index (χ0v) is 18.6. The Morgan fingerprint density at radius 3 is 2.56 bits per heavy atom. The number of aromatic nitrogens is 2. The predicted molar refractivity (Wildman–Crippen MR) is 117 cm³/mol. The molecular weight excluding hydrogens is 412 g/mol. The lowest BCUT2D eigenvalue weighted by molar-refractivity contribution is -0.135. The lowest BCUT2D eigenvalue weighted by atomic mass is 10.0. The van der Waals surface area contributed by atoms with Crippen LogP contribution in [0.15, 0.2) is 23.0 Å². The van der Waals surface area contributed by atoms with Crippen molar-refractivity contribution in [1.82, 2.24) is 19.4 Å². The molecule has 1 N–H and O–H groups in total. The normalized spacial score (nSPS) is 19.2. The number of rotatable bonds is 1. The van der Waals surface area contributed by atoms with Gasteiger partial charge in [-0.1, -0.05) is 17.9 Å². The molecule has 0 aliphatic carbocycles. The maximum absolute atomic E-state index is 13.0. The zero-order chi connectivity index (χ0) is 23.2. The standard InChI is InChI=1S/C23H26N4O5/c1-23(2,3)32-22(31)26-12-14(13-26)8-9-15-6-5-7-16-19(15)25(4)21(30)27(16)17-10-11-18(28)24-20(17)29/h5-7,14,17H,10-13H2,1-4H3,(H,24,28,29). The third-order valence-electron chi connectivity index (χ3n) is 5.57. The van der Waals surface area contributed by atoms with Crippen molar-refractivity contribution >= 4 is 28.9 Å². The molecule has 2 fully saturated rings. The second kappa shape index (κ2) is 7.86. The molecule has 3 heterocycles. The molecule has 0 saturated carbocycles. The number of hydrogen-bond acceptors (Lipinski definition) is 5. The maximum atomic E-state index is 13.0. The molecule has 0 radical (unpaired) electrons. The van der Waals surface area contributed by atoms with Gasteiger partial charge in [0.15, 0.2) is 0 Å². The summed E-state index contributed by atoms with van der Waals surface area (Å²) in [4.78, 5) is 50.5. The highest BCUT2D eigenvalue weighted by atomic mass is 16.6. The third kappa shape index (κ3) is 4.00. The van der Waals surface area contributed by atoms with Crippen LogP contribution >= 0.6 is 0 Å². The Labute approximate surface area is 185 Å². The Morgan fingerprint density at radius 1 is 1.19 bits per heavy atom. The molecule has 2 aliphatic rings. The van der Waals surface area contributed by atoms with Gasteiger partial charge in [0.25, 0.3) is 0 Å². The minimum absolute atomic E-state index is 0.0204. The Morgan fingerprint density at radius 2 is 1.91 bits per heavy atom. The lowest BCUT2D eigenvalue weighted by Crippen LogP contribution is -2.51. The molecule has 1 aromatic heterocycles. The minimum Gasteiger partial charge on any atom is -0.444 e. The number of hydrogen-bond donors (Lipinski definition) is 1. The molecule has 2 aromatic rings. The van der Waals surface area contributed by atoms with Gasteiger partial charge in [-0.15, -0.1) is 0 Å². The minimum atomic E-state index is -0.735. The molecule has 1 unspecified atom stereocenters. The summed E-state index contributed by atoms with van der Waals surface area (Å²) < 4.78 is 8.28.